The zero-order valence-corrected chi connectivity index (χ0v) is 12.0. The minimum absolute atomic E-state index is 0.434. The molecule has 2 aromatic carbocycles. The zero-order valence-electron chi connectivity index (χ0n) is 12.0. The van der Waals surface area contributed by atoms with Crippen LogP contribution in [0.15, 0.2) is 86.0 Å². The maximum atomic E-state index is 10.6. The summed E-state index contributed by atoms with van der Waals surface area (Å²) in [6.07, 6.45) is 2.26. The molecule has 112 valence electrons. The van der Waals surface area contributed by atoms with Gasteiger partial charge in [0, 0.05) is 12.2 Å². The molecule has 0 N–H and O–H groups in total. The molecule has 0 unspecified atom stereocenters. The third-order valence-corrected chi connectivity index (χ3v) is 2.26. The summed E-state index contributed by atoms with van der Waals surface area (Å²) in [5, 5.41) is 0. The van der Waals surface area contributed by atoms with Gasteiger partial charge in [-0.1, -0.05) is 49.6 Å². The Bertz CT molecular complexity index is 561. The van der Waals surface area contributed by atoms with Crippen LogP contribution in [-0.4, -0.2) is 11.9 Å². The van der Waals surface area contributed by atoms with Gasteiger partial charge in [-0.3, -0.25) is 0 Å². The van der Waals surface area contributed by atoms with E-state index < -0.39 is 11.9 Å². The maximum Gasteiger partial charge on any atom is 0.335 e. The first-order valence-electron chi connectivity index (χ1n) is 6.44. The molecule has 0 bridgehead atoms. The van der Waals surface area contributed by atoms with Crippen molar-refractivity contribution in [2.24, 2.45) is 0 Å². The lowest BCUT2D eigenvalue weighted by molar-refractivity contribution is -0.129. The zero-order chi connectivity index (χ0) is 16.2. The van der Waals surface area contributed by atoms with Crippen LogP contribution in [0.3, 0.4) is 0 Å². The molecule has 0 aromatic heterocycles. The number of carbonyl (C=O) groups is 2. The molecule has 0 radical (unpaired) electrons. The summed E-state index contributed by atoms with van der Waals surface area (Å²) in [6, 6.07) is 17.7. The lowest BCUT2D eigenvalue weighted by Crippen LogP contribution is -2.02. The van der Waals surface area contributed by atoms with Gasteiger partial charge in [0.15, 0.2) is 0 Å². The van der Waals surface area contributed by atoms with Gasteiger partial charge in [-0.25, -0.2) is 9.59 Å². The predicted octanol–water partition coefficient (Wildman–Crippen LogP) is 3.56. The van der Waals surface area contributed by atoms with E-state index >= 15 is 0 Å². The molecule has 0 atom stereocenters. The Morgan fingerprint density at radius 2 is 1.00 bits per heavy atom. The van der Waals surface area contributed by atoms with Gasteiger partial charge in [0.2, 0.25) is 0 Å². The predicted molar refractivity (Wildman–Crippen MR) is 84.5 cm³/mol. The highest BCUT2D eigenvalue weighted by molar-refractivity contribution is 5.83. The molecule has 4 nitrogen and oxygen atoms in total. The third kappa shape index (κ3) is 6.86. The van der Waals surface area contributed by atoms with E-state index in [9.17, 15) is 9.59 Å². The molecule has 0 aliphatic heterocycles. The van der Waals surface area contributed by atoms with Gasteiger partial charge in [-0.15, -0.1) is 0 Å². The highest BCUT2D eigenvalue weighted by Gasteiger charge is 1.96. The Hall–Kier alpha value is -3.14. The summed E-state index contributed by atoms with van der Waals surface area (Å²) < 4.78 is 9.61. The molecule has 0 fully saturated rings. The Balaban J connectivity index is 0.000000220. The fraction of sp³-hybridized carbons (Fsp3) is 0. The van der Waals surface area contributed by atoms with Crippen molar-refractivity contribution in [3.8, 4) is 11.5 Å². The van der Waals surface area contributed by atoms with Gasteiger partial charge >= 0.3 is 11.9 Å². The summed E-state index contributed by atoms with van der Waals surface area (Å²) in [7, 11) is 0. The topological polar surface area (TPSA) is 52.6 Å². The number of hydrogen-bond donors (Lipinski definition) is 0. The molecular formula is C18H16O4. The van der Waals surface area contributed by atoms with Gasteiger partial charge in [-0.2, -0.15) is 0 Å². The molecule has 2 rings (SSSR count). The Labute approximate surface area is 129 Å². The third-order valence-electron chi connectivity index (χ3n) is 2.26. The number of para-hydroxylation sites is 2. The molecular weight excluding hydrogens is 280 g/mol. The normalized spacial score (nSPS) is 8.73. The average Bonchev–Trinajstić information content (AvgIpc) is 2.57. The Kier molecular flexibility index (Phi) is 7.47. The molecule has 4 heteroatoms. The van der Waals surface area contributed by atoms with Crippen molar-refractivity contribution in [2.75, 3.05) is 0 Å². The van der Waals surface area contributed by atoms with Crippen LogP contribution < -0.4 is 9.47 Å². The van der Waals surface area contributed by atoms with E-state index in [1.807, 2.05) is 12.1 Å². The van der Waals surface area contributed by atoms with Crippen molar-refractivity contribution < 1.29 is 19.1 Å². The minimum Gasteiger partial charge on any atom is -0.423 e. The molecule has 0 saturated carbocycles. The monoisotopic (exact) mass is 296 g/mol. The number of esters is 2. The van der Waals surface area contributed by atoms with E-state index in [0.29, 0.717) is 11.5 Å². The SMILES string of the molecule is C=CC(=O)Oc1ccccc1.C=CC(=O)Oc1ccccc1. The quantitative estimate of drug-likeness (QED) is 0.492. The van der Waals surface area contributed by atoms with Crippen molar-refractivity contribution in [3.63, 3.8) is 0 Å². The van der Waals surface area contributed by atoms with E-state index in [4.69, 9.17) is 9.47 Å². The molecule has 0 aliphatic carbocycles. The smallest absolute Gasteiger partial charge is 0.335 e. The highest BCUT2D eigenvalue weighted by Crippen LogP contribution is 2.08. The van der Waals surface area contributed by atoms with Crippen molar-refractivity contribution in [1.82, 2.24) is 0 Å². The first-order valence-corrected chi connectivity index (χ1v) is 6.44. The fourth-order valence-electron chi connectivity index (χ4n) is 1.29. The van der Waals surface area contributed by atoms with Crippen LogP contribution in [0.1, 0.15) is 0 Å². The summed E-state index contributed by atoms with van der Waals surface area (Å²) in [6.45, 7) is 6.56. The first kappa shape index (κ1) is 16.9. The van der Waals surface area contributed by atoms with Crippen LogP contribution in [0.5, 0.6) is 11.5 Å². The minimum atomic E-state index is -0.434. The molecule has 0 spiro atoms. The van der Waals surface area contributed by atoms with Gasteiger partial charge in [0.1, 0.15) is 11.5 Å². The van der Waals surface area contributed by atoms with E-state index in [2.05, 4.69) is 13.2 Å². The molecule has 22 heavy (non-hydrogen) atoms. The second-order valence-corrected chi connectivity index (χ2v) is 3.88. The summed E-state index contributed by atoms with van der Waals surface area (Å²) in [4.78, 5) is 21.3. The van der Waals surface area contributed by atoms with Gasteiger partial charge in [0.05, 0.1) is 0 Å². The van der Waals surface area contributed by atoms with Crippen LogP contribution in [0, 0.1) is 0 Å². The van der Waals surface area contributed by atoms with Crippen molar-refractivity contribution in [1.29, 1.82) is 0 Å². The standard InChI is InChI=1S/2C9H8O2/c2*1-2-9(10)11-8-6-4-3-5-7-8/h2*2-7H,1H2. The van der Waals surface area contributed by atoms with Crippen LogP contribution in [0.2, 0.25) is 0 Å². The largest absolute Gasteiger partial charge is 0.423 e. The molecule has 0 saturated heterocycles. The van der Waals surface area contributed by atoms with Crippen LogP contribution in [0.4, 0.5) is 0 Å². The summed E-state index contributed by atoms with van der Waals surface area (Å²) in [5.74, 6) is 0.210. The van der Waals surface area contributed by atoms with E-state index in [1.54, 1.807) is 48.5 Å². The first-order chi connectivity index (χ1) is 10.7. The van der Waals surface area contributed by atoms with E-state index in [-0.39, 0.29) is 0 Å². The average molecular weight is 296 g/mol. The second kappa shape index (κ2) is 9.72. The van der Waals surface area contributed by atoms with Crippen molar-refractivity contribution in [3.05, 3.63) is 86.0 Å². The molecule has 2 aromatic rings. The Morgan fingerprint density at radius 1 is 0.682 bits per heavy atom. The van der Waals surface area contributed by atoms with Crippen LogP contribution >= 0.6 is 0 Å². The summed E-state index contributed by atoms with van der Waals surface area (Å²) >= 11 is 0. The summed E-state index contributed by atoms with van der Waals surface area (Å²) in [5.41, 5.74) is 0. The van der Waals surface area contributed by atoms with Crippen molar-refractivity contribution in [2.45, 2.75) is 0 Å². The van der Waals surface area contributed by atoms with Gasteiger partial charge in [-0.05, 0) is 24.3 Å². The molecule has 0 heterocycles. The number of ether oxygens (including phenoxy) is 2. The molecule has 0 amide bonds. The lowest BCUT2D eigenvalue weighted by Gasteiger charge is -1.98. The Morgan fingerprint density at radius 3 is 1.27 bits per heavy atom. The van der Waals surface area contributed by atoms with E-state index in [0.717, 1.165) is 12.2 Å². The lowest BCUT2D eigenvalue weighted by atomic mass is 10.3. The number of rotatable bonds is 4. The van der Waals surface area contributed by atoms with Crippen molar-refractivity contribution >= 4 is 11.9 Å². The van der Waals surface area contributed by atoms with Crippen LogP contribution in [0.25, 0.3) is 0 Å². The highest BCUT2D eigenvalue weighted by atomic mass is 16.5. The second-order valence-electron chi connectivity index (χ2n) is 3.88. The van der Waals surface area contributed by atoms with Crippen LogP contribution in [-0.2, 0) is 9.59 Å². The van der Waals surface area contributed by atoms with E-state index in [1.165, 1.54) is 0 Å². The fourth-order valence-corrected chi connectivity index (χ4v) is 1.29. The maximum absolute atomic E-state index is 10.6. The van der Waals surface area contributed by atoms with Gasteiger partial charge in [0.25, 0.3) is 0 Å². The van der Waals surface area contributed by atoms with Gasteiger partial charge < -0.3 is 9.47 Å². The number of hydrogen-bond acceptors (Lipinski definition) is 4. The molecule has 0 aliphatic rings. The number of benzene rings is 2. The number of carbonyl (C=O) groups excluding carboxylic acids is 2.